The van der Waals surface area contributed by atoms with Crippen molar-refractivity contribution in [2.45, 2.75) is 32.5 Å². The minimum atomic E-state index is -0.270. The SMILES string of the molecule is Cc1nc(N2CC(CO)OC(C)(C)C2)ccc1Br. The summed E-state index contributed by atoms with van der Waals surface area (Å²) in [7, 11) is 0. The number of rotatable bonds is 2. The summed E-state index contributed by atoms with van der Waals surface area (Å²) in [5.41, 5.74) is 0.700. The molecule has 0 aromatic carbocycles. The van der Waals surface area contributed by atoms with Crippen LogP contribution in [0.4, 0.5) is 5.82 Å². The summed E-state index contributed by atoms with van der Waals surface area (Å²) in [6.07, 6.45) is -0.153. The lowest BCUT2D eigenvalue weighted by atomic mass is 10.1. The Morgan fingerprint density at radius 1 is 1.56 bits per heavy atom. The van der Waals surface area contributed by atoms with Gasteiger partial charge in [0, 0.05) is 17.6 Å². The van der Waals surface area contributed by atoms with Gasteiger partial charge in [0.25, 0.3) is 0 Å². The molecule has 0 saturated carbocycles. The monoisotopic (exact) mass is 314 g/mol. The number of pyridine rings is 1. The number of hydrogen-bond donors (Lipinski definition) is 1. The first-order valence-electron chi connectivity index (χ1n) is 6.08. The van der Waals surface area contributed by atoms with E-state index in [2.05, 4.69) is 25.8 Å². The van der Waals surface area contributed by atoms with E-state index in [9.17, 15) is 5.11 Å². The first kappa shape index (κ1) is 13.8. The molecule has 0 bridgehead atoms. The van der Waals surface area contributed by atoms with Gasteiger partial charge in [0.15, 0.2) is 0 Å². The summed E-state index contributed by atoms with van der Waals surface area (Å²) in [6.45, 7) is 7.53. The summed E-state index contributed by atoms with van der Waals surface area (Å²) >= 11 is 3.46. The molecule has 1 aliphatic rings. The summed E-state index contributed by atoms with van der Waals surface area (Å²) in [5, 5.41) is 9.31. The van der Waals surface area contributed by atoms with Crippen molar-refractivity contribution in [3.8, 4) is 0 Å². The topological polar surface area (TPSA) is 45.6 Å². The van der Waals surface area contributed by atoms with Gasteiger partial charge in [0.2, 0.25) is 0 Å². The lowest BCUT2D eigenvalue weighted by Gasteiger charge is -2.42. The maximum Gasteiger partial charge on any atom is 0.129 e. The van der Waals surface area contributed by atoms with Crippen LogP contribution < -0.4 is 4.90 Å². The van der Waals surface area contributed by atoms with Gasteiger partial charge in [-0.1, -0.05) is 0 Å². The number of anilines is 1. The molecule has 1 fully saturated rings. The van der Waals surface area contributed by atoms with Crippen LogP contribution in [0.2, 0.25) is 0 Å². The number of nitrogens with zero attached hydrogens (tertiary/aromatic N) is 2. The van der Waals surface area contributed by atoms with Crippen molar-refractivity contribution in [3.05, 3.63) is 22.3 Å². The van der Waals surface area contributed by atoms with Crippen LogP contribution in [0.5, 0.6) is 0 Å². The Morgan fingerprint density at radius 2 is 2.28 bits per heavy atom. The van der Waals surface area contributed by atoms with Crippen LogP contribution in [0.3, 0.4) is 0 Å². The molecule has 2 rings (SSSR count). The van der Waals surface area contributed by atoms with Gasteiger partial charge in [-0.05, 0) is 48.8 Å². The van der Waals surface area contributed by atoms with Crippen molar-refractivity contribution in [2.24, 2.45) is 0 Å². The van der Waals surface area contributed by atoms with Crippen LogP contribution in [0, 0.1) is 6.92 Å². The highest BCUT2D eigenvalue weighted by molar-refractivity contribution is 9.10. The molecule has 0 radical (unpaired) electrons. The maximum atomic E-state index is 9.31. The van der Waals surface area contributed by atoms with Gasteiger partial charge >= 0.3 is 0 Å². The lowest BCUT2D eigenvalue weighted by Crippen LogP contribution is -2.54. The molecule has 2 heterocycles. The molecule has 18 heavy (non-hydrogen) atoms. The van der Waals surface area contributed by atoms with E-state index in [0.717, 1.165) is 22.5 Å². The number of morpholine rings is 1. The zero-order chi connectivity index (χ0) is 13.3. The maximum absolute atomic E-state index is 9.31. The fraction of sp³-hybridized carbons (Fsp3) is 0.615. The molecular formula is C13H19BrN2O2. The summed E-state index contributed by atoms with van der Waals surface area (Å²) in [4.78, 5) is 6.74. The van der Waals surface area contributed by atoms with Crippen LogP contribution in [-0.2, 0) is 4.74 Å². The number of aryl methyl sites for hydroxylation is 1. The van der Waals surface area contributed by atoms with Gasteiger partial charge in [-0.15, -0.1) is 0 Å². The van der Waals surface area contributed by atoms with Crippen molar-refractivity contribution >= 4 is 21.7 Å². The molecular weight excluding hydrogens is 296 g/mol. The molecule has 100 valence electrons. The standard InChI is InChI=1S/C13H19BrN2O2/c1-9-11(14)4-5-12(15-9)16-6-10(7-17)18-13(2,3)8-16/h4-5,10,17H,6-8H2,1-3H3. The molecule has 1 aromatic rings. The quantitative estimate of drug-likeness (QED) is 0.908. The van der Waals surface area contributed by atoms with Crippen LogP contribution in [0.25, 0.3) is 0 Å². The minimum Gasteiger partial charge on any atom is -0.394 e. The van der Waals surface area contributed by atoms with E-state index >= 15 is 0 Å². The molecule has 1 saturated heterocycles. The van der Waals surface area contributed by atoms with E-state index in [1.807, 2.05) is 32.9 Å². The highest BCUT2D eigenvalue weighted by atomic mass is 79.9. The average Bonchev–Trinajstić information content (AvgIpc) is 2.30. The van der Waals surface area contributed by atoms with Crippen LogP contribution in [0.1, 0.15) is 19.5 Å². The zero-order valence-corrected chi connectivity index (χ0v) is 12.6. The van der Waals surface area contributed by atoms with E-state index < -0.39 is 0 Å². The molecule has 5 heteroatoms. The molecule has 4 nitrogen and oxygen atoms in total. The average molecular weight is 315 g/mol. The zero-order valence-electron chi connectivity index (χ0n) is 11.0. The summed E-state index contributed by atoms with van der Waals surface area (Å²) in [5.74, 6) is 0.936. The Labute approximate surface area is 116 Å². The highest BCUT2D eigenvalue weighted by Crippen LogP contribution is 2.26. The van der Waals surface area contributed by atoms with Gasteiger partial charge < -0.3 is 14.7 Å². The van der Waals surface area contributed by atoms with Crippen LogP contribution in [-0.4, -0.2) is 41.5 Å². The van der Waals surface area contributed by atoms with E-state index in [4.69, 9.17) is 4.74 Å². The molecule has 0 aliphatic carbocycles. The second kappa shape index (κ2) is 5.15. The van der Waals surface area contributed by atoms with E-state index in [0.29, 0.717) is 6.54 Å². The Balaban J connectivity index is 2.23. The van der Waals surface area contributed by atoms with Crippen molar-refractivity contribution in [3.63, 3.8) is 0 Å². The van der Waals surface area contributed by atoms with Gasteiger partial charge in [0.05, 0.1) is 24.0 Å². The smallest absolute Gasteiger partial charge is 0.129 e. The van der Waals surface area contributed by atoms with Gasteiger partial charge in [-0.25, -0.2) is 4.98 Å². The number of aliphatic hydroxyl groups is 1. The number of halogens is 1. The third-order valence-electron chi connectivity index (χ3n) is 3.02. The van der Waals surface area contributed by atoms with Crippen LogP contribution in [0.15, 0.2) is 16.6 Å². The normalized spacial score (nSPS) is 23.2. The van der Waals surface area contributed by atoms with Crippen molar-refractivity contribution in [1.29, 1.82) is 0 Å². The Morgan fingerprint density at radius 3 is 2.89 bits per heavy atom. The first-order valence-corrected chi connectivity index (χ1v) is 6.87. The van der Waals surface area contributed by atoms with Gasteiger partial charge in [0.1, 0.15) is 5.82 Å². The Bertz CT molecular complexity index is 437. The van der Waals surface area contributed by atoms with E-state index in [1.54, 1.807) is 0 Å². The largest absolute Gasteiger partial charge is 0.394 e. The van der Waals surface area contributed by atoms with Gasteiger partial charge in [-0.3, -0.25) is 0 Å². The highest BCUT2D eigenvalue weighted by Gasteiger charge is 2.33. The van der Waals surface area contributed by atoms with E-state index in [1.165, 1.54) is 0 Å². The Kier molecular flexibility index (Phi) is 3.94. The lowest BCUT2D eigenvalue weighted by molar-refractivity contribution is -0.101. The summed E-state index contributed by atoms with van der Waals surface area (Å²) < 4.78 is 6.81. The molecule has 1 aliphatic heterocycles. The van der Waals surface area contributed by atoms with Crippen molar-refractivity contribution < 1.29 is 9.84 Å². The number of ether oxygens (including phenoxy) is 1. The van der Waals surface area contributed by atoms with Gasteiger partial charge in [-0.2, -0.15) is 0 Å². The fourth-order valence-electron chi connectivity index (χ4n) is 2.27. The molecule has 1 unspecified atom stereocenters. The molecule has 1 aromatic heterocycles. The molecule has 0 amide bonds. The second-order valence-corrected chi connectivity index (χ2v) is 6.15. The molecule has 1 atom stereocenters. The third kappa shape index (κ3) is 3.02. The van der Waals surface area contributed by atoms with Crippen LogP contribution >= 0.6 is 15.9 Å². The molecule has 0 spiro atoms. The van der Waals surface area contributed by atoms with Crippen molar-refractivity contribution in [1.82, 2.24) is 4.98 Å². The fourth-order valence-corrected chi connectivity index (χ4v) is 2.49. The number of aromatic nitrogens is 1. The predicted molar refractivity (Wildman–Crippen MR) is 74.9 cm³/mol. The molecule has 1 N–H and O–H groups in total. The summed E-state index contributed by atoms with van der Waals surface area (Å²) in [6, 6.07) is 4.00. The van der Waals surface area contributed by atoms with E-state index in [-0.39, 0.29) is 18.3 Å². The van der Waals surface area contributed by atoms with Crippen molar-refractivity contribution in [2.75, 3.05) is 24.6 Å². The number of hydrogen-bond acceptors (Lipinski definition) is 4. The predicted octanol–water partition coefficient (Wildman–Crippen LogP) is 2.13. The first-order chi connectivity index (χ1) is 8.41. The third-order valence-corrected chi connectivity index (χ3v) is 3.85. The Hall–Kier alpha value is -0.650. The minimum absolute atomic E-state index is 0.0371. The number of aliphatic hydroxyl groups excluding tert-OH is 1. The second-order valence-electron chi connectivity index (χ2n) is 5.30.